The van der Waals surface area contributed by atoms with Crippen LogP contribution in [0.3, 0.4) is 0 Å². The largest absolute Gasteiger partial charge is 0.497 e. The second-order valence-electron chi connectivity index (χ2n) is 6.81. The minimum absolute atomic E-state index is 0.0519. The van der Waals surface area contributed by atoms with Gasteiger partial charge in [0.2, 0.25) is 10.0 Å². The van der Waals surface area contributed by atoms with E-state index in [0.29, 0.717) is 18.5 Å². The van der Waals surface area contributed by atoms with Gasteiger partial charge in [-0.1, -0.05) is 29.8 Å². The zero-order valence-electron chi connectivity index (χ0n) is 17.1. The van der Waals surface area contributed by atoms with Gasteiger partial charge in [-0.25, -0.2) is 17.5 Å². The van der Waals surface area contributed by atoms with Crippen LogP contribution >= 0.6 is 11.6 Å². The quantitative estimate of drug-likeness (QED) is 0.492. The number of aromatic nitrogens is 1. The van der Waals surface area contributed by atoms with Crippen LogP contribution in [0.5, 0.6) is 5.75 Å². The number of carbonyl (C=O) groups excluding carboxylic acids is 1. The summed E-state index contributed by atoms with van der Waals surface area (Å²) in [5.74, 6) is -0.259. The topological polar surface area (TPSA) is 97.4 Å². The molecule has 0 atom stereocenters. The number of sulfonamides is 1. The highest BCUT2D eigenvalue weighted by Crippen LogP contribution is 2.19. The Morgan fingerprint density at radius 1 is 1.09 bits per heavy atom. The normalized spacial score (nSPS) is 11.2. The van der Waals surface area contributed by atoms with Gasteiger partial charge in [0.05, 0.1) is 17.0 Å². The SMILES string of the molecule is COc1ccc(CCNC(=O)c2ccc(CNS(=O)(=O)c3ccc(F)c(Cl)c3)cn2)cc1. The summed E-state index contributed by atoms with van der Waals surface area (Å²) >= 11 is 5.65. The van der Waals surface area contributed by atoms with Crippen molar-refractivity contribution < 1.29 is 22.3 Å². The third-order valence-electron chi connectivity index (χ3n) is 4.58. The lowest BCUT2D eigenvalue weighted by molar-refractivity contribution is 0.0949. The third-order valence-corrected chi connectivity index (χ3v) is 6.27. The van der Waals surface area contributed by atoms with Crippen molar-refractivity contribution >= 4 is 27.5 Å². The predicted molar refractivity (Wildman–Crippen MR) is 119 cm³/mol. The minimum Gasteiger partial charge on any atom is -0.497 e. The van der Waals surface area contributed by atoms with Gasteiger partial charge in [0.25, 0.3) is 5.91 Å². The lowest BCUT2D eigenvalue weighted by Crippen LogP contribution is -2.27. The fraction of sp³-hybridized carbons (Fsp3) is 0.182. The van der Waals surface area contributed by atoms with Crippen molar-refractivity contribution in [1.29, 1.82) is 0 Å². The van der Waals surface area contributed by atoms with Crippen molar-refractivity contribution in [1.82, 2.24) is 15.0 Å². The number of nitrogens with zero attached hydrogens (tertiary/aromatic N) is 1. The Morgan fingerprint density at radius 3 is 2.44 bits per heavy atom. The Balaban J connectivity index is 1.51. The lowest BCUT2D eigenvalue weighted by atomic mass is 10.1. The molecule has 0 fully saturated rings. The molecule has 10 heteroatoms. The van der Waals surface area contributed by atoms with Crippen molar-refractivity contribution in [2.75, 3.05) is 13.7 Å². The monoisotopic (exact) mass is 477 g/mol. The van der Waals surface area contributed by atoms with Gasteiger partial charge >= 0.3 is 0 Å². The molecule has 1 amide bonds. The Bertz CT molecular complexity index is 1190. The maximum Gasteiger partial charge on any atom is 0.269 e. The van der Waals surface area contributed by atoms with Gasteiger partial charge in [0.15, 0.2) is 0 Å². The fourth-order valence-electron chi connectivity index (χ4n) is 2.77. The first kappa shape index (κ1) is 23.6. The number of halogens is 2. The standard InChI is InChI=1S/C22H21ClFN3O4S/c1-31-17-5-2-15(3-6-17)10-11-25-22(28)21-9-4-16(13-26-21)14-27-32(29,30)18-7-8-20(24)19(23)12-18/h2-9,12-13,27H,10-11,14H2,1H3,(H,25,28). The van der Waals surface area contributed by atoms with E-state index in [0.717, 1.165) is 29.5 Å². The third kappa shape index (κ3) is 6.25. The highest BCUT2D eigenvalue weighted by atomic mass is 35.5. The predicted octanol–water partition coefficient (Wildman–Crippen LogP) is 3.33. The molecule has 0 unspecified atom stereocenters. The molecule has 1 heterocycles. The van der Waals surface area contributed by atoms with E-state index in [9.17, 15) is 17.6 Å². The first-order valence-electron chi connectivity index (χ1n) is 9.59. The molecule has 32 heavy (non-hydrogen) atoms. The molecule has 0 aliphatic rings. The molecule has 2 N–H and O–H groups in total. The van der Waals surface area contributed by atoms with Crippen molar-refractivity contribution in [3.63, 3.8) is 0 Å². The van der Waals surface area contributed by atoms with Crippen molar-refractivity contribution in [2.24, 2.45) is 0 Å². The number of pyridine rings is 1. The number of carbonyl (C=O) groups is 1. The van der Waals surface area contributed by atoms with E-state index in [1.165, 1.54) is 12.3 Å². The van der Waals surface area contributed by atoms with E-state index in [4.69, 9.17) is 16.3 Å². The number of hydrogen-bond acceptors (Lipinski definition) is 5. The van der Waals surface area contributed by atoms with E-state index in [2.05, 4.69) is 15.0 Å². The number of ether oxygens (including phenoxy) is 1. The van der Waals surface area contributed by atoms with Crippen molar-refractivity contribution in [3.05, 3.63) is 88.5 Å². The second-order valence-corrected chi connectivity index (χ2v) is 8.98. The average molecular weight is 478 g/mol. The molecule has 0 spiro atoms. The molecule has 0 radical (unpaired) electrons. The van der Waals surface area contributed by atoms with Crippen LogP contribution in [0, 0.1) is 5.82 Å². The Kier molecular flexibility index (Phi) is 7.79. The van der Waals surface area contributed by atoms with Crippen LogP contribution in [0.1, 0.15) is 21.6 Å². The van der Waals surface area contributed by atoms with E-state index in [1.807, 2.05) is 24.3 Å². The first-order chi connectivity index (χ1) is 15.3. The Hall–Kier alpha value is -3.01. The summed E-state index contributed by atoms with van der Waals surface area (Å²) in [4.78, 5) is 16.2. The summed E-state index contributed by atoms with van der Waals surface area (Å²) in [6.07, 6.45) is 2.07. The van der Waals surface area contributed by atoms with E-state index in [1.54, 1.807) is 13.2 Å². The summed E-state index contributed by atoms with van der Waals surface area (Å²) in [7, 11) is -2.28. The smallest absolute Gasteiger partial charge is 0.269 e. The van der Waals surface area contributed by atoms with Crippen LogP contribution in [0.15, 0.2) is 65.7 Å². The molecule has 0 saturated heterocycles. The zero-order valence-corrected chi connectivity index (χ0v) is 18.7. The number of nitrogens with one attached hydrogen (secondary N) is 2. The van der Waals surface area contributed by atoms with Gasteiger partial charge in [0, 0.05) is 19.3 Å². The molecule has 3 rings (SSSR count). The van der Waals surface area contributed by atoms with E-state index < -0.39 is 15.8 Å². The summed E-state index contributed by atoms with van der Waals surface area (Å²) in [6, 6.07) is 13.8. The van der Waals surface area contributed by atoms with Gasteiger partial charge in [-0.05, 0) is 53.9 Å². The summed E-state index contributed by atoms with van der Waals surface area (Å²) in [5, 5.41) is 2.52. The summed E-state index contributed by atoms with van der Waals surface area (Å²) in [5.41, 5.74) is 1.83. The van der Waals surface area contributed by atoms with Crippen LogP contribution in [0.4, 0.5) is 4.39 Å². The maximum absolute atomic E-state index is 13.2. The van der Waals surface area contributed by atoms with E-state index >= 15 is 0 Å². The van der Waals surface area contributed by atoms with Crippen molar-refractivity contribution in [2.45, 2.75) is 17.9 Å². The van der Waals surface area contributed by atoms with Crippen LogP contribution in [0.2, 0.25) is 5.02 Å². The van der Waals surface area contributed by atoms with Gasteiger partial charge < -0.3 is 10.1 Å². The number of benzene rings is 2. The lowest BCUT2D eigenvalue weighted by Gasteiger charge is -2.08. The highest BCUT2D eigenvalue weighted by Gasteiger charge is 2.16. The maximum atomic E-state index is 13.2. The number of hydrogen-bond donors (Lipinski definition) is 2. The molecule has 0 saturated carbocycles. The summed E-state index contributed by atoms with van der Waals surface area (Å²) in [6.45, 7) is 0.387. The zero-order chi connectivity index (χ0) is 23.1. The molecule has 0 bridgehead atoms. The fourth-order valence-corrected chi connectivity index (χ4v) is 4.06. The molecule has 168 valence electrons. The van der Waals surface area contributed by atoms with Gasteiger partial charge in [-0.2, -0.15) is 0 Å². The van der Waals surface area contributed by atoms with Crippen LogP contribution in [-0.4, -0.2) is 33.0 Å². The average Bonchev–Trinajstić information content (AvgIpc) is 2.80. The minimum atomic E-state index is -3.88. The van der Waals surface area contributed by atoms with Crippen molar-refractivity contribution in [3.8, 4) is 5.75 Å². The van der Waals surface area contributed by atoms with Gasteiger partial charge in [-0.15, -0.1) is 0 Å². The Labute approximate surface area is 190 Å². The van der Waals surface area contributed by atoms with Crippen LogP contribution in [-0.2, 0) is 23.0 Å². The molecule has 0 aliphatic carbocycles. The molecule has 0 aliphatic heterocycles. The molecular weight excluding hydrogens is 457 g/mol. The Morgan fingerprint density at radius 2 is 1.81 bits per heavy atom. The molecule has 1 aromatic heterocycles. The molecule has 7 nitrogen and oxygen atoms in total. The highest BCUT2D eigenvalue weighted by molar-refractivity contribution is 7.89. The number of methoxy groups -OCH3 is 1. The molecule has 3 aromatic rings. The summed E-state index contributed by atoms with van der Waals surface area (Å²) < 4.78 is 45.4. The first-order valence-corrected chi connectivity index (χ1v) is 11.5. The van der Waals surface area contributed by atoms with Gasteiger partial charge in [0.1, 0.15) is 17.3 Å². The number of rotatable bonds is 9. The number of amides is 1. The molecular formula is C22H21ClFN3O4S. The van der Waals surface area contributed by atoms with Gasteiger partial charge in [-0.3, -0.25) is 9.78 Å². The molecule has 2 aromatic carbocycles. The van der Waals surface area contributed by atoms with Crippen LogP contribution < -0.4 is 14.8 Å². The second kappa shape index (κ2) is 10.5. The van der Waals surface area contributed by atoms with E-state index in [-0.39, 0.29) is 28.1 Å². The van der Waals surface area contributed by atoms with Crippen LogP contribution in [0.25, 0.3) is 0 Å².